The maximum atomic E-state index is 15.5. The molecule has 0 spiro atoms. The van der Waals surface area contributed by atoms with Crippen LogP contribution in [0.2, 0.25) is 0 Å². The molecule has 143 heavy (non-hydrogen) atoms. The Balaban J connectivity index is 0.000000196. The number of hydrogen-bond donors (Lipinski definition) is 12. The number of benzene rings is 4. The van der Waals surface area contributed by atoms with Crippen LogP contribution in [0.3, 0.4) is 0 Å². The van der Waals surface area contributed by atoms with Gasteiger partial charge in [0.05, 0.1) is 69.8 Å². The molecule has 7 aromatic rings. The molecule has 22 atom stereocenters. The van der Waals surface area contributed by atoms with Crippen molar-refractivity contribution in [2.45, 2.75) is 222 Å². The zero-order valence-corrected chi connectivity index (χ0v) is 81.9. The average Bonchev–Trinajstić information content (AvgIpc) is 1.63. The minimum atomic E-state index is -4.41. The number of ether oxygens (including phenoxy) is 8. The van der Waals surface area contributed by atoms with Crippen LogP contribution in [0.4, 0.5) is 39.4 Å². The van der Waals surface area contributed by atoms with E-state index in [0.717, 1.165) is 53.2 Å². The van der Waals surface area contributed by atoms with Gasteiger partial charge in [-0.3, -0.25) is 76.2 Å². The number of ketones is 1. The van der Waals surface area contributed by atoms with Crippen LogP contribution in [0.1, 0.15) is 108 Å². The molecule has 4 aromatic carbocycles. The summed E-state index contributed by atoms with van der Waals surface area (Å²) >= 11 is 0. The number of aromatic nitrogens is 6. The number of cyclic esters (lactones) is 1. The number of alkyl halides is 5. The van der Waals surface area contributed by atoms with Crippen molar-refractivity contribution in [3.63, 3.8) is 0 Å². The number of nitrogens with zero attached hydrogens (tertiary/aromatic N) is 7. The Kier molecular flexibility index (Phi) is 38.7. The van der Waals surface area contributed by atoms with Crippen LogP contribution in [0.15, 0.2) is 185 Å². The first-order chi connectivity index (χ1) is 67.1. The highest BCUT2D eigenvalue weighted by atomic mass is 31.2. The first kappa shape index (κ1) is 114. The minimum absolute atomic E-state index is 0.0911. The maximum Gasteiger partial charge on any atom is 0.459 e. The molecule has 784 valence electrons. The van der Waals surface area contributed by atoms with Crippen LogP contribution in [-0.4, -0.2) is 254 Å². The number of nitrogen functional groups attached to an aromatic ring is 2. The maximum absolute atomic E-state index is 15.5. The molecule has 1 amide bonds. The van der Waals surface area contributed by atoms with Gasteiger partial charge in [-0.1, -0.05) is 72.8 Å². The Morgan fingerprint density at radius 1 is 0.476 bits per heavy atom. The SMILES string of the molecule is CC(C)OC(=O)[C@H](C)NP(=O)(OC[C@H]1O[C@@H](n2ccc(N)nc2=O)C(F)(F)[C@@H]1O)Oc1ccccc1.CC(C)OC(=O)[C@H](C)NP(=O)(OC[C@H]1O[C@@H](n2ccc(NO)nc2=O)[C@](C)(O)[C@@H]1O)Oc1ccccc1.CC(C)OC(=O)[C@H](C)N[P@](=O)(OC[C@H]1O[C@@H](N2C=CC(=O)CC2=O)[C@](C)(F)[C@@H]1O)Oc1ccccc1.Nc1ccn([C@@H]2O[C@H](COP(=O)(C[C@H]3CCOC3=O)Oc3ccccc3)[C@@H](O)C2(F)F)c(=O)n1. The molecule has 0 saturated carbocycles. The molecule has 57 heteroatoms. The Bertz CT molecular complexity index is 5960. The molecule has 0 radical (unpaired) electrons. The number of hydrogen-bond acceptors (Lipinski definition) is 41. The molecule has 3 unspecified atom stereocenters. The zero-order chi connectivity index (χ0) is 105. The quantitative estimate of drug-likeness (QED) is 0.00467. The lowest BCUT2D eigenvalue weighted by atomic mass is 9.96. The topological polar surface area (TPSA) is 648 Å². The van der Waals surface area contributed by atoms with Gasteiger partial charge in [-0.2, -0.15) is 47.8 Å². The molecule has 3 aromatic heterocycles. The molecule has 0 bridgehead atoms. The van der Waals surface area contributed by atoms with Crippen LogP contribution in [0.25, 0.3) is 0 Å². The van der Waals surface area contributed by atoms with Gasteiger partial charge in [0.15, 0.2) is 41.9 Å². The van der Waals surface area contributed by atoms with Gasteiger partial charge in [0.25, 0.3) is 0 Å². The molecule has 48 nitrogen and oxygen atoms in total. The molecule has 6 aliphatic heterocycles. The second-order valence-corrected chi connectivity index (χ2v) is 40.9. The Morgan fingerprint density at radius 3 is 1.17 bits per heavy atom. The van der Waals surface area contributed by atoms with E-state index in [0.29, 0.717) is 15.6 Å². The van der Waals surface area contributed by atoms with Crippen LogP contribution in [0.5, 0.6) is 23.0 Å². The summed E-state index contributed by atoms with van der Waals surface area (Å²) < 4.78 is 216. The van der Waals surface area contributed by atoms with Crippen molar-refractivity contribution in [1.82, 2.24) is 48.8 Å². The largest absolute Gasteiger partial charge is 0.465 e. The number of anilines is 3. The lowest BCUT2D eigenvalue weighted by molar-refractivity contribution is -0.151. The van der Waals surface area contributed by atoms with Crippen LogP contribution in [-0.2, 0) is 103 Å². The van der Waals surface area contributed by atoms with Gasteiger partial charge < -0.3 is 93.0 Å². The third kappa shape index (κ3) is 30.0. The molecule has 9 heterocycles. The van der Waals surface area contributed by atoms with Crippen molar-refractivity contribution < 1.29 is 174 Å². The number of amides is 1. The average molecular weight is 2100 g/mol. The summed E-state index contributed by atoms with van der Waals surface area (Å²) in [7, 11) is -17.1. The Hall–Kier alpha value is -11.2. The number of carbonyl (C=O) groups excluding carboxylic acids is 6. The highest BCUT2D eigenvalue weighted by Crippen LogP contribution is 2.55. The van der Waals surface area contributed by atoms with Gasteiger partial charge in [-0.25, -0.2) is 37.0 Å². The normalized spacial score (nSPS) is 26.5. The summed E-state index contributed by atoms with van der Waals surface area (Å²) in [6.45, 7) is 13.7. The smallest absolute Gasteiger partial charge is 0.459 e. The molecule has 5 saturated heterocycles. The van der Waals surface area contributed by atoms with E-state index in [1.165, 1.54) is 88.5 Å². The number of nitrogens with two attached hydrogens (primary N) is 2. The fraction of sp³-hybridized carbons (Fsp3) is 0.488. The fourth-order valence-electron chi connectivity index (χ4n) is 14.0. The van der Waals surface area contributed by atoms with Crippen molar-refractivity contribution in [2.75, 3.05) is 56.1 Å². The fourth-order valence-corrected chi connectivity index (χ4v) is 20.4. The molecule has 13 rings (SSSR count). The number of halogens is 5. The molecular weight excluding hydrogens is 1990 g/mol. The second-order valence-electron chi connectivity index (χ2n) is 33.8. The van der Waals surface area contributed by atoms with Gasteiger partial charge in [0.2, 0.25) is 18.4 Å². The van der Waals surface area contributed by atoms with E-state index in [1.54, 1.807) is 120 Å². The summed E-state index contributed by atoms with van der Waals surface area (Å²) in [6, 6.07) is 31.9. The Morgan fingerprint density at radius 2 is 0.818 bits per heavy atom. The van der Waals surface area contributed by atoms with Crippen molar-refractivity contribution in [2.24, 2.45) is 5.92 Å². The summed E-state index contributed by atoms with van der Waals surface area (Å²) in [5.41, 5.74) is 4.97. The van der Waals surface area contributed by atoms with E-state index in [4.69, 9.17) is 90.8 Å². The number of esters is 4. The lowest BCUT2D eigenvalue weighted by Crippen LogP contribution is -2.51. The molecule has 0 aliphatic carbocycles. The van der Waals surface area contributed by atoms with Crippen molar-refractivity contribution in [1.29, 1.82) is 0 Å². The minimum Gasteiger partial charge on any atom is -0.465 e. The van der Waals surface area contributed by atoms with E-state index in [2.05, 4.69) is 30.2 Å². The van der Waals surface area contributed by atoms with Crippen molar-refractivity contribution in [3.8, 4) is 23.0 Å². The summed E-state index contributed by atoms with van der Waals surface area (Å²) in [6.07, 6.45) is -18.1. The second kappa shape index (κ2) is 48.6. The predicted octanol–water partition coefficient (Wildman–Crippen LogP) is 6.86. The molecule has 14 N–H and O–H groups in total. The van der Waals surface area contributed by atoms with Gasteiger partial charge in [0, 0.05) is 24.8 Å². The number of allylic oxidation sites excluding steroid dienone is 1. The summed E-state index contributed by atoms with van der Waals surface area (Å²) in [4.78, 5) is 120. The first-order valence-corrected chi connectivity index (χ1v) is 50.2. The van der Waals surface area contributed by atoms with E-state index in [-0.39, 0.29) is 53.2 Å². The van der Waals surface area contributed by atoms with Gasteiger partial charge in [0.1, 0.15) is 95.0 Å². The number of nitrogens with one attached hydrogen (secondary N) is 4. The van der Waals surface area contributed by atoms with E-state index < -0.39 is 256 Å². The van der Waals surface area contributed by atoms with E-state index in [9.17, 15) is 105 Å². The van der Waals surface area contributed by atoms with E-state index >= 15 is 4.39 Å². The number of aliphatic hydroxyl groups excluding tert-OH is 4. The lowest BCUT2D eigenvalue weighted by Gasteiger charge is -2.32. The molecular formula is C86H110F5N13O35P4. The number of carbonyl (C=O) groups is 6. The van der Waals surface area contributed by atoms with Crippen LogP contribution < -0.4 is 67.4 Å². The van der Waals surface area contributed by atoms with Crippen LogP contribution in [0, 0.1) is 5.92 Å². The van der Waals surface area contributed by atoms with Crippen molar-refractivity contribution >= 4 is 83.9 Å². The van der Waals surface area contributed by atoms with Gasteiger partial charge >= 0.3 is 83.6 Å². The van der Waals surface area contributed by atoms with E-state index in [1.807, 2.05) is 0 Å². The van der Waals surface area contributed by atoms with Gasteiger partial charge in [-0.15, -0.1) is 0 Å². The Labute approximate surface area is 812 Å². The van der Waals surface area contributed by atoms with Gasteiger partial charge in [-0.05, 0) is 155 Å². The standard InChI is InChI=1S/C23H30FN2O9P.C22H31N4O10P.C21H27F2N4O8P.C20H22F2N3O8P/c1-14(2)33-21(30)15(3)25-36(31,35-17-8-6-5-7-9-17)32-13-18-20(29)23(4,24)22(34-18)26-11-10-16(27)12-19(26)28;1-13(2)34-19(28)14(3)25-37(32,36-15-8-6-5-7-9-15)33-12-16-18(27)22(4,30)20(35-16)26-11-10-17(24-31)23-21(26)29;1-12(2)33-18(29)13(3)26-36(31,35-14-7-5-4-6-8-14)32-11-15-17(28)21(22,23)19(34-15)27-10-9-16(24)25-20(27)30;21-20(22)16(26)14(32-18(20)25-8-6-15(23)24-19(25)28)10-31-34(29,11-12-7-9-30-17(12)27)33-13-4-2-1-3-5-13/h5-11,14-15,18,20,22,29H,12-13H2,1-4H3,(H,25,31);5-11,13-14,16,18,20,27,30-31H,12H2,1-4H3,(H,25,32)(H,23,24,29);4-10,12-13,15,17,19,28H,11H2,1-3H3,(H,26,31)(H2,24,25,30);1-6,8,12,14,16,18,26H,7,9-11H2,(H2,23,24,28)/t15-,18+,20+,22+,23+,36-;14-,16+,18+,20+,22+,37?;13-,15+,17+,19+,36?;12-,14-,16-,18-,34?/m0001/s1. The molecule has 6 aliphatic rings. The number of rotatable bonds is 39. The van der Waals surface area contributed by atoms with Crippen LogP contribution >= 0.6 is 30.8 Å². The summed E-state index contributed by atoms with van der Waals surface area (Å²) in [5, 5.41) is 68.9. The zero-order valence-electron chi connectivity index (χ0n) is 78.3. The first-order valence-electron chi connectivity index (χ1n) is 43.9. The monoisotopic (exact) mass is 2100 g/mol. The van der Waals surface area contributed by atoms with Crippen molar-refractivity contribution in [3.05, 3.63) is 202 Å². The number of aliphatic hydroxyl groups is 5. The predicted molar refractivity (Wildman–Crippen MR) is 488 cm³/mol. The molecule has 5 fully saturated rings. The number of para-hydroxylation sites is 4. The highest BCUT2D eigenvalue weighted by Gasteiger charge is 2.63. The highest BCUT2D eigenvalue weighted by molar-refractivity contribution is 7.54. The summed E-state index contributed by atoms with van der Waals surface area (Å²) in [5.74, 6) is -12.4. The third-order valence-electron chi connectivity index (χ3n) is 21.1. The third-order valence-corrected chi connectivity index (χ3v) is 28.0.